The average Bonchev–Trinajstić information content (AvgIpc) is 2.74. The Labute approximate surface area is 185 Å². The molecular formula is C22H24ClN3O5. The van der Waals surface area contributed by atoms with Crippen LogP contribution in [0.1, 0.15) is 6.42 Å². The third kappa shape index (κ3) is 5.10. The van der Waals surface area contributed by atoms with E-state index < -0.39 is 0 Å². The number of ether oxygens (including phenoxy) is 5. The SMILES string of the molecule is CNc1ccc(Oc2ncnc3cc(OCCCOC4COC4)c(OC)cc23)cc1Cl. The molecule has 0 spiro atoms. The quantitative estimate of drug-likeness (QED) is 0.462. The molecule has 1 aliphatic heterocycles. The number of hydrogen-bond acceptors (Lipinski definition) is 8. The second-order valence-electron chi connectivity index (χ2n) is 6.93. The van der Waals surface area contributed by atoms with Gasteiger partial charge in [0.1, 0.15) is 18.2 Å². The number of hydrogen-bond donors (Lipinski definition) is 1. The summed E-state index contributed by atoms with van der Waals surface area (Å²) in [7, 11) is 3.40. The first-order valence-electron chi connectivity index (χ1n) is 9.98. The maximum atomic E-state index is 6.26. The summed E-state index contributed by atoms with van der Waals surface area (Å²) >= 11 is 6.26. The Hall–Kier alpha value is -2.81. The fourth-order valence-electron chi connectivity index (χ4n) is 3.07. The summed E-state index contributed by atoms with van der Waals surface area (Å²) in [5, 5.41) is 4.27. The fourth-order valence-corrected chi connectivity index (χ4v) is 3.33. The van der Waals surface area contributed by atoms with Crippen LogP contribution in [0.25, 0.3) is 10.9 Å². The molecule has 9 heteroatoms. The van der Waals surface area contributed by atoms with Gasteiger partial charge in [0.05, 0.1) is 55.2 Å². The van der Waals surface area contributed by atoms with Gasteiger partial charge in [0.2, 0.25) is 5.88 Å². The van der Waals surface area contributed by atoms with Crippen LogP contribution in [0.4, 0.5) is 5.69 Å². The van der Waals surface area contributed by atoms with Crippen LogP contribution in [0.2, 0.25) is 5.02 Å². The second kappa shape index (κ2) is 10.00. The van der Waals surface area contributed by atoms with Crippen LogP contribution >= 0.6 is 11.6 Å². The molecule has 0 amide bonds. The van der Waals surface area contributed by atoms with Gasteiger partial charge in [-0.15, -0.1) is 0 Å². The van der Waals surface area contributed by atoms with Crippen LogP contribution in [0, 0.1) is 0 Å². The van der Waals surface area contributed by atoms with Gasteiger partial charge in [-0.1, -0.05) is 11.6 Å². The second-order valence-corrected chi connectivity index (χ2v) is 7.33. The van der Waals surface area contributed by atoms with Crippen molar-refractivity contribution in [1.82, 2.24) is 9.97 Å². The Kier molecular flexibility index (Phi) is 6.91. The Balaban J connectivity index is 1.48. The third-order valence-electron chi connectivity index (χ3n) is 4.82. The summed E-state index contributed by atoms with van der Waals surface area (Å²) in [6, 6.07) is 9.02. The number of halogens is 1. The Morgan fingerprint density at radius 1 is 1.13 bits per heavy atom. The largest absolute Gasteiger partial charge is 0.493 e. The van der Waals surface area contributed by atoms with Gasteiger partial charge < -0.3 is 29.0 Å². The topological polar surface area (TPSA) is 84.0 Å². The molecular weight excluding hydrogens is 422 g/mol. The van der Waals surface area contributed by atoms with E-state index in [2.05, 4.69) is 15.3 Å². The molecule has 0 atom stereocenters. The minimum atomic E-state index is 0.217. The van der Waals surface area contributed by atoms with Crippen molar-refractivity contribution in [3.05, 3.63) is 41.7 Å². The lowest BCUT2D eigenvalue weighted by atomic mass is 10.2. The summed E-state index contributed by atoms with van der Waals surface area (Å²) in [5.74, 6) is 2.15. The lowest BCUT2D eigenvalue weighted by molar-refractivity contribution is -0.130. The van der Waals surface area contributed by atoms with Crippen molar-refractivity contribution >= 4 is 28.2 Å². The standard InChI is InChI=1S/C22H24ClN3O5/c1-24-18-5-4-14(8-17(18)23)31-22-16-9-20(27-2)21(10-19(16)25-13-26-22)30-7-3-6-29-15-11-28-12-15/h4-5,8-10,13,15,24H,3,6-7,11-12H2,1-2H3. The first-order valence-corrected chi connectivity index (χ1v) is 10.4. The number of benzene rings is 2. The molecule has 2 heterocycles. The molecule has 0 aliphatic carbocycles. The van der Waals surface area contributed by atoms with Crippen molar-refractivity contribution in [3.63, 3.8) is 0 Å². The van der Waals surface area contributed by atoms with Gasteiger partial charge in [0.15, 0.2) is 11.5 Å². The van der Waals surface area contributed by atoms with Crippen molar-refractivity contribution in [3.8, 4) is 23.1 Å². The number of rotatable bonds is 10. The molecule has 2 aromatic carbocycles. The van der Waals surface area contributed by atoms with Gasteiger partial charge >= 0.3 is 0 Å². The van der Waals surface area contributed by atoms with E-state index in [0.717, 1.165) is 12.1 Å². The molecule has 0 radical (unpaired) electrons. The lowest BCUT2D eigenvalue weighted by Gasteiger charge is -2.25. The molecule has 0 unspecified atom stereocenters. The molecule has 4 rings (SSSR count). The highest BCUT2D eigenvalue weighted by Crippen LogP contribution is 2.37. The smallest absolute Gasteiger partial charge is 0.230 e. The van der Waals surface area contributed by atoms with Crippen molar-refractivity contribution < 1.29 is 23.7 Å². The van der Waals surface area contributed by atoms with E-state index in [4.69, 9.17) is 35.3 Å². The van der Waals surface area contributed by atoms with E-state index in [1.807, 2.05) is 31.3 Å². The predicted octanol–water partition coefficient (Wildman–Crippen LogP) is 4.31. The zero-order valence-corrected chi connectivity index (χ0v) is 18.1. The number of anilines is 1. The molecule has 1 N–H and O–H groups in total. The number of nitrogens with zero attached hydrogens (tertiary/aromatic N) is 2. The third-order valence-corrected chi connectivity index (χ3v) is 5.13. The summed E-state index contributed by atoms with van der Waals surface area (Å²) in [4.78, 5) is 8.63. The van der Waals surface area contributed by atoms with Gasteiger partial charge in [-0.3, -0.25) is 0 Å². The van der Waals surface area contributed by atoms with Crippen LogP contribution in [0.15, 0.2) is 36.7 Å². The molecule has 3 aromatic rings. The minimum Gasteiger partial charge on any atom is -0.493 e. The van der Waals surface area contributed by atoms with Gasteiger partial charge in [-0.05, 0) is 18.2 Å². The Morgan fingerprint density at radius 3 is 2.71 bits per heavy atom. The summed E-state index contributed by atoms with van der Waals surface area (Å²) in [6.45, 7) is 2.48. The summed E-state index contributed by atoms with van der Waals surface area (Å²) in [5.41, 5.74) is 1.50. The Bertz CT molecular complexity index is 1050. The predicted molar refractivity (Wildman–Crippen MR) is 118 cm³/mol. The maximum absolute atomic E-state index is 6.26. The van der Waals surface area contributed by atoms with E-state index in [9.17, 15) is 0 Å². The average molecular weight is 446 g/mol. The van der Waals surface area contributed by atoms with Crippen molar-refractivity contribution in [2.45, 2.75) is 12.5 Å². The molecule has 1 aliphatic rings. The van der Waals surface area contributed by atoms with Gasteiger partial charge in [0.25, 0.3) is 0 Å². The van der Waals surface area contributed by atoms with Gasteiger partial charge in [-0.25, -0.2) is 9.97 Å². The zero-order valence-electron chi connectivity index (χ0n) is 17.4. The van der Waals surface area contributed by atoms with Crippen molar-refractivity contribution in [2.24, 2.45) is 0 Å². The van der Waals surface area contributed by atoms with E-state index in [0.29, 0.717) is 65.5 Å². The van der Waals surface area contributed by atoms with E-state index in [1.165, 1.54) is 6.33 Å². The highest BCUT2D eigenvalue weighted by molar-refractivity contribution is 6.33. The number of nitrogens with one attached hydrogen (secondary N) is 1. The molecule has 31 heavy (non-hydrogen) atoms. The monoisotopic (exact) mass is 445 g/mol. The molecule has 0 bridgehead atoms. The number of methoxy groups -OCH3 is 1. The van der Waals surface area contributed by atoms with E-state index >= 15 is 0 Å². The molecule has 1 fully saturated rings. The lowest BCUT2D eigenvalue weighted by Crippen LogP contribution is -2.36. The van der Waals surface area contributed by atoms with Crippen LogP contribution in [0.3, 0.4) is 0 Å². The normalized spacial score (nSPS) is 13.6. The highest BCUT2D eigenvalue weighted by Gasteiger charge is 2.18. The minimum absolute atomic E-state index is 0.217. The van der Waals surface area contributed by atoms with Crippen LogP contribution in [-0.2, 0) is 9.47 Å². The molecule has 164 valence electrons. The van der Waals surface area contributed by atoms with Crippen LogP contribution in [-0.4, -0.2) is 56.7 Å². The van der Waals surface area contributed by atoms with Crippen molar-refractivity contribution in [1.29, 1.82) is 0 Å². The number of fused-ring (bicyclic) bond motifs is 1. The number of aromatic nitrogens is 2. The van der Waals surface area contributed by atoms with Crippen LogP contribution < -0.4 is 19.5 Å². The van der Waals surface area contributed by atoms with E-state index in [-0.39, 0.29) is 6.10 Å². The highest BCUT2D eigenvalue weighted by atomic mass is 35.5. The first kappa shape index (κ1) is 21.4. The summed E-state index contributed by atoms with van der Waals surface area (Å²) < 4.78 is 28.1. The first-order chi connectivity index (χ1) is 15.2. The van der Waals surface area contributed by atoms with E-state index in [1.54, 1.807) is 13.2 Å². The van der Waals surface area contributed by atoms with Gasteiger partial charge in [-0.2, -0.15) is 0 Å². The molecule has 0 saturated carbocycles. The van der Waals surface area contributed by atoms with Crippen molar-refractivity contribution in [2.75, 3.05) is 45.9 Å². The zero-order chi connectivity index (χ0) is 21.6. The molecule has 1 saturated heterocycles. The summed E-state index contributed by atoms with van der Waals surface area (Å²) in [6.07, 6.45) is 2.43. The fraction of sp³-hybridized carbons (Fsp3) is 0.364. The maximum Gasteiger partial charge on any atom is 0.230 e. The van der Waals surface area contributed by atoms with Crippen LogP contribution in [0.5, 0.6) is 23.1 Å². The Morgan fingerprint density at radius 2 is 2.00 bits per heavy atom. The molecule has 1 aromatic heterocycles. The molecule has 8 nitrogen and oxygen atoms in total. The van der Waals surface area contributed by atoms with Gasteiger partial charge in [0, 0.05) is 25.6 Å².